The molecule has 0 unspecified atom stereocenters. The number of nitrogens with zero attached hydrogens (tertiary/aromatic N) is 1. The second kappa shape index (κ2) is 16.4. The largest absolute Gasteiger partial charge is 0.495 e. The molecular formula is C35H29Cl2N3O11S4. The number of nitro benzene ring substituents is 1. The van der Waals surface area contributed by atoms with Crippen LogP contribution in [0.3, 0.4) is 0 Å². The Morgan fingerprint density at radius 3 is 1.55 bits per heavy atom. The smallest absolute Gasteiger partial charge is 0.338 e. The minimum atomic E-state index is -4.11. The Kier molecular flexibility index (Phi) is 12.3. The summed E-state index contributed by atoms with van der Waals surface area (Å²) in [5.41, 5.74) is 0.703. The van der Waals surface area contributed by atoms with Gasteiger partial charge in [-0.2, -0.15) is 0 Å². The molecule has 0 fully saturated rings. The number of nitrogens with one attached hydrogen (secondary N) is 2. The summed E-state index contributed by atoms with van der Waals surface area (Å²) in [7, 11) is -4.17. The van der Waals surface area contributed by atoms with Crippen molar-refractivity contribution in [2.75, 3.05) is 30.8 Å². The van der Waals surface area contributed by atoms with Crippen LogP contribution in [-0.2, 0) is 29.5 Å². The third-order valence-corrected chi connectivity index (χ3v) is 14.9. The van der Waals surface area contributed by atoms with Crippen LogP contribution in [0.15, 0.2) is 81.2 Å². The normalized spacial score (nSPS) is 11.4. The lowest BCUT2D eigenvalue weighted by molar-refractivity contribution is -0.383. The minimum absolute atomic E-state index is 0.0242. The monoisotopic (exact) mass is 865 g/mol. The first-order chi connectivity index (χ1) is 25.9. The summed E-state index contributed by atoms with van der Waals surface area (Å²) in [4.78, 5) is 33.8. The van der Waals surface area contributed by atoms with Gasteiger partial charge in [-0.15, -0.1) is 22.7 Å². The van der Waals surface area contributed by atoms with Crippen LogP contribution in [0.25, 0.3) is 20.2 Å². The second-order valence-corrected chi connectivity index (χ2v) is 18.1. The minimum Gasteiger partial charge on any atom is -0.495 e. The van der Waals surface area contributed by atoms with Crippen LogP contribution in [0.4, 0.5) is 17.1 Å². The Morgan fingerprint density at radius 1 is 0.673 bits per heavy atom. The Balaban J connectivity index is 0.000000211. The molecule has 2 N–H and O–H groups in total. The highest BCUT2D eigenvalue weighted by molar-refractivity contribution is 7.95. The van der Waals surface area contributed by atoms with E-state index in [9.17, 15) is 36.5 Å². The topological polar surface area (TPSA) is 197 Å². The quantitative estimate of drug-likeness (QED) is 0.0758. The van der Waals surface area contributed by atoms with Gasteiger partial charge in [-0.05, 0) is 102 Å². The van der Waals surface area contributed by atoms with Crippen molar-refractivity contribution in [3.8, 4) is 5.75 Å². The summed E-state index contributed by atoms with van der Waals surface area (Å²) in [5, 5.41) is 13.9. The van der Waals surface area contributed by atoms with Crippen molar-refractivity contribution < 1.29 is 45.6 Å². The van der Waals surface area contributed by atoms with Gasteiger partial charge < -0.3 is 14.2 Å². The molecule has 55 heavy (non-hydrogen) atoms. The fourth-order valence-electron chi connectivity index (χ4n) is 5.27. The molecule has 2 heterocycles. The van der Waals surface area contributed by atoms with Gasteiger partial charge in [-0.3, -0.25) is 19.6 Å². The Morgan fingerprint density at radius 2 is 1.11 bits per heavy atom. The molecule has 0 saturated carbocycles. The van der Waals surface area contributed by atoms with Crippen LogP contribution in [0.2, 0.25) is 10.0 Å². The molecule has 288 valence electrons. The standard InChI is InChI=1S/C18H16ClNO5S2.C17H13ClN2O6S2/c1-10-13-9-12(19)5-7-16(13)26-18(10)27(22,23)20-14-6-4-11(17(21)25-3)8-15(14)24-2;1-9-12-8-11(18)4-6-15(12)27-17(9)28(24,25)19-13-5-3-10(16(21)26-2)7-14(13)20(22)23/h4-9,20H,1-3H3;3-8,19H,1-2H3. The number of carbonyl (C=O) groups is 2. The van der Waals surface area contributed by atoms with Crippen molar-refractivity contribution in [1.82, 2.24) is 0 Å². The van der Waals surface area contributed by atoms with Crippen LogP contribution in [0.5, 0.6) is 5.75 Å². The van der Waals surface area contributed by atoms with Gasteiger partial charge in [0.15, 0.2) is 0 Å². The molecule has 0 bridgehead atoms. The molecule has 0 spiro atoms. The van der Waals surface area contributed by atoms with E-state index in [1.807, 2.05) is 0 Å². The van der Waals surface area contributed by atoms with E-state index >= 15 is 0 Å². The Bertz CT molecular complexity index is 2730. The highest BCUT2D eigenvalue weighted by Crippen LogP contribution is 2.39. The summed E-state index contributed by atoms with van der Waals surface area (Å²) in [6.07, 6.45) is 0. The van der Waals surface area contributed by atoms with Crippen LogP contribution in [0, 0.1) is 24.0 Å². The zero-order chi connectivity index (χ0) is 40.4. The van der Waals surface area contributed by atoms with Crippen molar-refractivity contribution in [2.24, 2.45) is 0 Å². The molecule has 0 aliphatic heterocycles. The molecule has 14 nitrogen and oxygen atoms in total. The first kappa shape index (κ1) is 41.2. The molecule has 0 saturated heterocycles. The van der Waals surface area contributed by atoms with Crippen molar-refractivity contribution in [2.45, 2.75) is 22.3 Å². The number of halogens is 2. The maximum Gasteiger partial charge on any atom is 0.338 e. The van der Waals surface area contributed by atoms with Gasteiger partial charge in [0.25, 0.3) is 25.7 Å². The number of thiophene rings is 2. The van der Waals surface area contributed by atoms with Gasteiger partial charge >= 0.3 is 11.9 Å². The third kappa shape index (κ3) is 8.79. The number of benzene rings is 4. The van der Waals surface area contributed by atoms with Gasteiger partial charge in [-0.25, -0.2) is 26.4 Å². The van der Waals surface area contributed by atoms with E-state index in [4.69, 9.17) is 27.9 Å². The second-order valence-electron chi connectivity index (χ2n) is 11.4. The van der Waals surface area contributed by atoms with Crippen molar-refractivity contribution in [3.63, 3.8) is 0 Å². The molecule has 4 aromatic carbocycles. The number of nitro groups is 1. The molecule has 0 radical (unpaired) electrons. The average molecular weight is 867 g/mol. The van der Waals surface area contributed by atoms with E-state index in [0.717, 1.165) is 56.7 Å². The number of sulfonamides is 2. The molecule has 6 rings (SSSR count). The van der Waals surface area contributed by atoms with E-state index in [1.165, 1.54) is 38.5 Å². The molecular weight excluding hydrogens is 838 g/mol. The number of aryl methyl sites for hydroxylation is 2. The van der Waals surface area contributed by atoms with Crippen molar-refractivity contribution in [3.05, 3.63) is 115 Å². The van der Waals surface area contributed by atoms with Gasteiger partial charge in [0, 0.05) is 25.5 Å². The number of rotatable bonds is 10. The van der Waals surface area contributed by atoms with Gasteiger partial charge in [0.2, 0.25) is 0 Å². The number of fused-ring (bicyclic) bond motifs is 2. The summed E-state index contributed by atoms with van der Waals surface area (Å²) < 4.78 is 72.6. The van der Waals surface area contributed by atoms with Crippen LogP contribution >= 0.6 is 45.9 Å². The van der Waals surface area contributed by atoms with Crippen LogP contribution in [0.1, 0.15) is 31.8 Å². The van der Waals surface area contributed by atoms with Crippen LogP contribution < -0.4 is 14.2 Å². The van der Waals surface area contributed by atoms with Gasteiger partial charge in [0.05, 0.1) is 43.1 Å². The lowest BCUT2D eigenvalue weighted by Gasteiger charge is -2.12. The SMILES string of the molecule is COC(=O)c1ccc(NS(=O)(=O)c2sc3ccc(Cl)cc3c2C)c(OC)c1.COC(=O)c1ccc(NS(=O)(=O)c2sc3ccc(Cl)cc3c2C)c([N+](=O)[O-])c1. The maximum absolute atomic E-state index is 12.9. The van der Waals surface area contributed by atoms with E-state index in [1.54, 1.807) is 50.2 Å². The number of hydrogen-bond donors (Lipinski definition) is 2. The highest BCUT2D eigenvalue weighted by Gasteiger charge is 2.27. The molecule has 0 amide bonds. The first-order valence-corrected chi connectivity index (χ1v) is 20.8. The average Bonchev–Trinajstić information content (AvgIpc) is 3.67. The lowest BCUT2D eigenvalue weighted by atomic mass is 10.2. The number of anilines is 2. The van der Waals surface area contributed by atoms with Crippen molar-refractivity contribution >= 4 is 115 Å². The maximum atomic E-state index is 12.9. The highest BCUT2D eigenvalue weighted by atomic mass is 35.5. The number of carbonyl (C=O) groups excluding carboxylic acids is 2. The van der Waals surface area contributed by atoms with E-state index in [0.29, 0.717) is 26.6 Å². The van der Waals surface area contributed by atoms with E-state index < -0.39 is 42.6 Å². The summed E-state index contributed by atoms with van der Waals surface area (Å²) in [5.74, 6) is -1.10. The lowest BCUT2D eigenvalue weighted by Crippen LogP contribution is -2.14. The van der Waals surface area contributed by atoms with E-state index in [2.05, 4.69) is 18.9 Å². The number of hydrogen-bond acceptors (Lipinski definition) is 13. The number of esters is 2. The summed E-state index contributed by atoms with van der Waals surface area (Å²) in [6, 6.07) is 18.0. The molecule has 0 aliphatic carbocycles. The van der Waals surface area contributed by atoms with Gasteiger partial charge in [0.1, 0.15) is 19.9 Å². The Labute approximate surface area is 332 Å². The molecule has 2 aromatic heterocycles. The summed E-state index contributed by atoms with van der Waals surface area (Å²) >= 11 is 14.2. The number of ether oxygens (including phenoxy) is 3. The molecule has 0 atom stereocenters. The first-order valence-electron chi connectivity index (χ1n) is 15.5. The zero-order valence-electron chi connectivity index (χ0n) is 29.3. The zero-order valence-corrected chi connectivity index (χ0v) is 34.0. The third-order valence-electron chi connectivity index (χ3n) is 7.92. The number of methoxy groups -OCH3 is 3. The van der Waals surface area contributed by atoms with Crippen molar-refractivity contribution in [1.29, 1.82) is 0 Å². The van der Waals surface area contributed by atoms with Crippen LogP contribution in [-0.4, -0.2) is 55.0 Å². The fourth-order valence-corrected chi connectivity index (χ4v) is 11.3. The summed E-state index contributed by atoms with van der Waals surface area (Å²) in [6.45, 7) is 3.37. The predicted molar refractivity (Wildman–Crippen MR) is 214 cm³/mol. The van der Waals surface area contributed by atoms with Gasteiger partial charge in [-0.1, -0.05) is 23.2 Å². The Hall–Kier alpha value is -4.98. The predicted octanol–water partition coefficient (Wildman–Crippen LogP) is 8.82. The molecule has 0 aliphatic rings. The fraction of sp³-hybridized carbons (Fsp3) is 0.143. The molecule has 20 heteroatoms. The molecule has 6 aromatic rings. The van der Waals surface area contributed by atoms with E-state index in [-0.39, 0.29) is 36.7 Å².